The molecule has 1 aromatic carbocycles. The lowest BCUT2D eigenvalue weighted by Gasteiger charge is -2.21. The lowest BCUT2D eigenvalue weighted by atomic mass is 9.85. The highest BCUT2D eigenvalue weighted by Crippen LogP contribution is 2.22. The predicted octanol–water partition coefficient (Wildman–Crippen LogP) is 3.88. The van der Waals surface area contributed by atoms with Crippen LogP contribution in [0.4, 0.5) is 4.79 Å². The van der Waals surface area contributed by atoms with E-state index in [0.717, 1.165) is 5.56 Å². The largest absolute Gasteiger partial charge is 0.339 e. The number of halogens is 1. The highest BCUT2D eigenvalue weighted by atomic mass is 35.5. The summed E-state index contributed by atoms with van der Waals surface area (Å²) in [6, 6.07) is 9.59. The maximum absolute atomic E-state index is 10.9. The van der Waals surface area contributed by atoms with Crippen molar-refractivity contribution in [2.75, 3.05) is 0 Å². The molecule has 0 atom stereocenters. The third kappa shape index (κ3) is 3.48. The molecule has 0 saturated carbocycles. The Balaban J connectivity index is 3.20. The number of carbonyl (C=O) groups excluding carboxylic acids is 1. The van der Waals surface area contributed by atoms with Crippen LogP contribution in [0.5, 0.6) is 0 Å². The Bertz CT molecular complexity index is 376. The molecule has 1 rings (SSSR count). The number of hydrogen-bond donors (Lipinski definition) is 0. The average molecular weight is 224 g/mol. The molecule has 0 radical (unpaired) electrons. The zero-order valence-corrected chi connectivity index (χ0v) is 9.88. The van der Waals surface area contributed by atoms with Crippen LogP contribution in [0.15, 0.2) is 35.3 Å². The van der Waals surface area contributed by atoms with Crippen LogP contribution in [0, 0.1) is 5.41 Å². The first-order valence-electron chi connectivity index (χ1n) is 4.75. The zero-order chi connectivity index (χ0) is 11.5. The monoisotopic (exact) mass is 223 g/mol. The summed E-state index contributed by atoms with van der Waals surface area (Å²) in [4.78, 5) is 14.7. The molecule has 0 fully saturated rings. The Morgan fingerprint density at radius 2 is 1.73 bits per heavy atom. The fourth-order valence-corrected chi connectivity index (χ4v) is 1.43. The SMILES string of the molecule is CC(C)(C)/C(=N\C(=O)Cl)c1ccccc1. The molecule has 0 aliphatic rings. The second-order valence-electron chi connectivity index (χ2n) is 4.33. The molecular weight excluding hydrogens is 210 g/mol. The molecule has 15 heavy (non-hydrogen) atoms. The third-order valence-corrected chi connectivity index (χ3v) is 2.04. The van der Waals surface area contributed by atoms with Crippen molar-refractivity contribution >= 4 is 22.7 Å². The van der Waals surface area contributed by atoms with Crippen LogP contribution in [0.2, 0.25) is 0 Å². The highest BCUT2D eigenvalue weighted by molar-refractivity contribution is 6.64. The molecule has 0 saturated heterocycles. The van der Waals surface area contributed by atoms with E-state index < -0.39 is 5.37 Å². The van der Waals surface area contributed by atoms with E-state index >= 15 is 0 Å². The van der Waals surface area contributed by atoms with Crippen molar-refractivity contribution in [3.05, 3.63) is 35.9 Å². The van der Waals surface area contributed by atoms with Gasteiger partial charge in [0.25, 0.3) is 0 Å². The van der Waals surface area contributed by atoms with Gasteiger partial charge in [-0.05, 0) is 17.2 Å². The smallest absolute Gasteiger partial charge is 0.253 e. The number of aliphatic imine (C=N–C) groups is 1. The Hall–Kier alpha value is -1.15. The van der Waals surface area contributed by atoms with Gasteiger partial charge in [-0.1, -0.05) is 51.1 Å². The van der Waals surface area contributed by atoms with E-state index in [1.807, 2.05) is 51.1 Å². The molecule has 3 heteroatoms. The van der Waals surface area contributed by atoms with E-state index in [-0.39, 0.29) is 5.41 Å². The summed E-state index contributed by atoms with van der Waals surface area (Å²) in [6.07, 6.45) is 0. The minimum absolute atomic E-state index is 0.202. The molecule has 1 amide bonds. The van der Waals surface area contributed by atoms with Gasteiger partial charge in [0.05, 0.1) is 5.71 Å². The highest BCUT2D eigenvalue weighted by Gasteiger charge is 2.21. The maximum atomic E-state index is 10.9. The lowest BCUT2D eigenvalue weighted by molar-refractivity contribution is 0.266. The predicted molar refractivity (Wildman–Crippen MR) is 63.7 cm³/mol. The fraction of sp³-hybridized carbons (Fsp3) is 0.333. The van der Waals surface area contributed by atoms with Crippen molar-refractivity contribution in [2.24, 2.45) is 10.4 Å². The van der Waals surface area contributed by atoms with Gasteiger partial charge < -0.3 is 0 Å². The van der Waals surface area contributed by atoms with E-state index in [4.69, 9.17) is 11.6 Å². The Labute approximate surface area is 95.0 Å². The first-order valence-corrected chi connectivity index (χ1v) is 5.13. The molecule has 0 heterocycles. The van der Waals surface area contributed by atoms with Crippen molar-refractivity contribution in [1.82, 2.24) is 0 Å². The fourth-order valence-electron chi connectivity index (χ4n) is 1.35. The van der Waals surface area contributed by atoms with Gasteiger partial charge in [0, 0.05) is 5.41 Å². The lowest BCUT2D eigenvalue weighted by Crippen LogP contribution is -2.22. The second-order valence-corrected chi connectivity index (χ2v) is 4.65. The first kappa shape index (κ1) is 11.9. The van der Waals surface area contributed by atoms with Crippen molar-refractivity contribution < 1.29 is 4.79 Å². The van der Waals surface area contributed by atoms with Crippen molar-refractivity contribution in [3.63, 3.8) is 0 Å². The zero-order valence-electron chi connectivity index (χ0n) is 9.12. The van der Waals surface area contributed by atoms with Crippen LogP contribution in [-0.4, -0.2) is 11.1 Å². The summed E-state index contributed by atoms with van der Waals surface area (Å²) < 4.78 is 0. The van der Waals surface area contributed by atoms with Gasteiger partial charge >= 0.3 is 5.37 Å². The molecular formula is C12H14ClNO. The molecule has 0 spiro atoms. The van der Waals surface area contributed by atoms with Gasteiger partial charge in [0.15, 0.2) is 0 Å². The van der Waals surface area contributed by atoms with Gasteiger partial charge in [-0.25, -0.2) is 4.99 Å². The molecule has 0 unspecified atom stereocenters. The van der Waals surface area contributed by atoms with Crippen LogP contribution in [-0.2, 0) is 0 Å². The number of carbonyl (C=O) groups is 1. The molecule has 0 aromatic heterocycles. The summed E-state index contributed by atoms with van der Waals surface area (Å²) in [5.74, 6) is 0. The molecule has 0 aliphatic heterocycles. The van der Waals surface area contributed by atoms with Gasteiger partial charge in [-0.15, -0.1) is 0 Å². The average Bonchev–Trinajstić information content (AvgIpc) is 2.14. The van der Waals surface area contributed by atoms with Crippen LogP contribution >= 0.6 is 11.6 Å². The molecule has 0 aliphatic carbocycles. The number of hydrogen-bond acceptors (Lipinski definition) is 1. The Kier molecular flexibility index (Phi) is 3.64. The summed E-state index contributed by atoms with van der Waals surface area (Å²) in [6.45, 7) is 6.00. The topological polar surface area (TPSA) is 29.4 Å². The second kappa shape index (κ2) is 4.58. The van der Waals surface area contributed by atoms with E-state index in [9.17, 15) is 4.79 Å². The molecule has 1 aromatic rings. The first-order chi connectivity index (χ1) is 6.91. The number of amides is 1. The van der Waals surface area contributed by atoms with Gasteiger partial charge in [0.2, 0.25) is 0 Å². The number of benzene rings is 1. The van der Waals surface area contributed by atoms with Crippen molar-refractivity contribution in [3.8, 4) is 0 Å². The van der Waals surface area contributed by atoms with E-state index in [1.165, 1.54) is 0 Å². The number of rotatable bonds is 1. The Morgan fingerprint density at radius 3 is 2.13 bits per heavy atom. The molecule has 0 N–H and O–H groups in total. The molecule has 2 nitrogen and oxygen atoms in total. The van der Waals surface area contributed by atoms with Crippen LogP contribution in [0.3, 0.4) is 0 Å². The van der Waals surface area contributed by atoms with Crippen LogP contribution in [0.1, 0.15) is 26.3 Å². The van der Waals surface area contributed by atoms with Gasteiger partial charge in [-0.3, -0.25) is 4.79 Å². The van der Waals surface area contributed by atoms with Crippen molar-refractivity contribution in [2.45, 2.75) is 20.8 Å². The van der Waals surface area contributed by atoms with E-state index in [1.54, 1.807) is 0 Å². The maximum Gasteiger partial charge on any atom is 0.339 e. The van der Waals surface area contributed by atoms with E-state index in [0.29, 0.717) is 5.71 Å². The quantitative estimate of drug-likeness (QED) is 0.404. The van der Waals surface area contributed by atoms with Crippen LogP contribution < -0.4 is 0 Å². The summed E-state index contributed by atoms with van der Waals surface area (Å²) >= 11 is 5.30. The third-order valence-electron chi connectivity index (χ3n) is 1.96. The Morgan fingerprint density at radius 1 is 1.20 bits per heavy atom. The van der Waals surface area contributed by atoms with Crippen molar-refractivity contribution in [1.29, 1.82) is 0 Å². The summed E-state index contributed by atoms with van der Waals surface area (Å²) in [5, 5.41) is -0.677. The standard InChI is InChI=1S/C12H14ClNO/c1-12(2,3)10(14-11(13)15)9-7-5-4-6-8-9/h4-8H,1-3H3/b14-10-. The van der Waals surface area contributed by atoms with Gasteiger partial charge in [0.1, 0.15) is 0 Å². The molecule has 0 bridgehead atoms. The number of nitrogens with zero attached hydrogens (tertiary/aromatic N) is 1. The normalized spacial score (nSPS) is 12.7. The summed E-state index contributed by atoms with van der Waals surface area (Å²) in [7, 11) is 0. The van der Waals surface area contributed by atoms with Crippen LogP contribution in [0.25, 0.3) is 0 Å². The van der Waals surface area contributed by atoms with E-state index in [2.05, 4.69) is 4.99 Å². The van der Waals surface area contributed by atoms with Gasteiger partial charge in [-0.2, -0.15) is 0 Å². The summed E-state index contributed by atoms with van der Waals surface area (Å²) in [5.41, 5.74) is 1.44. The minimum atomic E-state index is -0.677. The molecule has 80 valence electrons. The minimum Gasteiger partial charge on any atom is -0.253 e.